The Labute approximate surface area is 124 Å². The SMILES string of the molecule is CC(C)NCc1ccccc1CN(CC1CC1)C(C)C. The van der Waals surface area contributed by atoms with E-state index < -0.39 is 0 Å². The number of hydrogen-bond acceptors (Lipinski definition) is 2. The minimum absolute atomic E-state index is 0.538. The van der Waals surface area contributed by atoms with Crippen LogP contribution in [0.3, 0.4) is 0 Å². The van der Waals surface area contributed by atoms with Crippen LogP contribution in [0.25, 0.3) is 0 Å². The van der Waals surface area contributed by atoms with Crippen molar-refractivity contribution in [3.05, 3.63) is 35.4 Å². The smallest absolute Gasteiger partial charge is 0.0239 e. The fraction of sp³-hybridized carbons (Fsp3) is 0.667. The summed E-state index contributed by atoms with van der Waals surface area (Å²) in [4.78, 5) is 2.63. The number of benzene rings is 1. The molecule has 0 heterocycles. The summed E-state index contributed by atoms with van der Waals surface area (Å²) < 4.78 is 0. The predicted molar refractivity (Wildman–Crippen MR) is 86.7 cm³/mol. The Morgan fingerprint density at radius 1 is 1.10 bits per heavy atom. The van der Waals surface area contributed by atoms with Crippen molar-refractivity contribution in [3.63, 3.8) is 0 Å². The molecule has 1 aromatic carbocycles. The molecule has 0 spiro atoms. The molecule has 0 aliphatic heterocycles. The molecule has 1 N–H and O–H groups in total. The van der Waals surface area contributed by atoms with Crippen molar-refractivity contribution in [1.82, 2.24) is 10.2 Å². The van der Waals surface area contributed by atoms with Gasteiger partial charge in [0.25, 0.3) is 0 Å². The zero-order valence-corrected chi connectivity index (χ0v) is 13.5. The number of rotatable bonds is 8. The fourth-order valence-electron chi connectivity index (χ4n) is 2.51. The second-order valence-corrected chi connectivity index (χ2v) is 6.77. The Bertz CT molecular complexity index is 408. The van der Waals surface area contributed by atoms with Gasteiger partial charge in [0.2, 0.25) is 0 Å². The van der Waals surface area contributed by atoms with Crippen molar-refractivity contribution in [2.75, 3.05) is 6.54 Å². The van der Waals surface area contributed by atoms with E-state index in [9.17, 15) is 0 Å². The van der Waals surface area contributed by atoms with Gasteiger partial charge >= 0.3 is 0 Å². The third-order valence-electron chi connectivity index (χ3n) is 4.11. The van der Waals surface area contributed by atoms with E-state index >= 15 is 0 Å². The summed E-state index contributed by atoms with van der Waals surface area (Å²) in [5, 5.41) is 3.54. The van der Waals surface area contributed by atoms with Crippen molar-refractivity contribution in [3.8, 4) is 0 Å². The third-order valence-corrected chi connectivity index (χ3v) is 4.11. The molecule has 0 bridgehead atoms. The fourth-order valence-corrected chi connectivity index (χ4v) is 2.51. The maximum atomic E-state index is 3.54. The van der Waals surface area contributed by atoms with E-state index in [1.165, 1.54) is 30.5 Å². The van der Waals surface area contributed by atoms with Gasteiger partial charge in [0, 0.05) is 31.7 Å². The van der Waals surface area contributed by atoms with Crippen LogP contribution >= 0.6 is 0 Å². The van der Waals surface area contributed by atoms with E-state index in [-0.39, 0.29) is 0 Å². The summed E-state index contributed by atoms with van der Waals surface area (Å²) >= 11 is 0. The molecule has 0 unspecified atom stereocenters. The van der Waals surface area contributed by atoms with Gasteiger partial charge in [0.15, 0.2) is 0 Å². The highest BCUT2D eigenvalue weighted by atomic mass is 15.1. The van der Waals surface area contributed by atoms with Crippen LogP contribution in [0.1, 0.15) is 51.7 Å². The van der Waals surface area contributed by atoms with E-state index in [2.05, 4.69) is 62.2 Å². The molecular weight excluding hydrogens is 244 g/mol. The van der Waals surface area contributed by atoms with E-state index in [0.29, 0.717) is 12.1 Å². The molecule has 1 fully saturated rings. The molecule has 1 aliphatic carbocycles. The molecule has 2 nitrogen and oxygen atoms in total. The first-order chi connectivity index (χ1) is 9.56. The molecule has 2 rings (SSSR count). The van der Waals surface area contributed by atoms with Crippen molar-refractivity contribution in [2.45, 2.75) is 65.7 Å². The molecule has 20 heavy (non-hydrogen) atoms. The van der Waals surface area contributed by atoms with Gasteiger partial charge in [-0.3, -0.25) is 4.90 Å². The highest BCUT2D eigenvalue weighted by molar-refractivity contribution is 5.27. The highest BCUT2D eigenvalue weighted by Crippen LogP contribution is 2.31. The second-order valence-electron chi connectivity index (χ2n) is 6.77. The van der Waals surface area contributed by atoms with Gasteiger partial charge in [0.05, 0.1) is 0 Å². The first-order valence-electron chi connectivity index (χ1n) is 8.10. The van der Waals surface area contributed by atoms with Gasteiger partial charge in [-0.05, 0) is 43.7 Å². The normalized spacial score (nSPS) is 15.6. The molecule has 0 aromatic heterocycles. The lowest BCUT2D eigenvalue weighted by atomic mass is 10.1. The first-order valence-corrected chi connectivity index (χ1v) is 8.10. The summed E-state index contributed by atoms with van der Waals surface area (Å²) in [5.74, 6) is 0.957. The van der Waals surface area contributed by atoms with Crippen molar-refractivity contribution in [1.29, 1.82) is 0 Å². The molecule has 0 atom stereocenters. The lowest BCUT2D eigenvalue weighted by Crippen LogP contribution is -2.33. The molecular formula is C18H30N2. The maximum Gasteiger partial charge on any atom is 0.0239 e. The number of hydrogen-bond donors (Lipinski definition) is 1. The van der Waals surface area contributed by atoms with Crippen LogP contribution in [0.5, 0.6) is 0 Å². The number of nitrogens with one attached hydrogen (secondary N) is 1. The second kappa shape index (κ2) is 7.24. The van der Waals surface area contributed by atoms with Crippen LogP contribution in [0.2, 0.25) is 0 Å². The van der Waals surface area contributed by atoms with Gasteiger partial charge in [-0.2, -0.15) is 0 Å². The van der Waals surface area contributed by atoms with Gasteiger partial charge in [-0.1, -0.05) is 38.1 Å². The van der Waals surface area contributed by atoms with Crippen LogP contribution in [0, 0.1) is 5.92 Å². The van der Waals surface area contributed by atoms with Gasteiger partial charge in [-0.25, -0.2) is 0 Å². The van der Waals surface area contributed by atoms with E-state index in [1.54, 1.807) is 0 Å². The van der Waals surface area contributed by atoms with Crippen LogP contribution in [-0.2, 0) is 13.1 Å². The van der Waals surface area contributed by atoms with Crippen LogP contribution in [-0.4, -0.2) is 23.5 Å². The zero-order valence-electron chi connectivity index (χ0n) is 13.5. The molecule has 1 saturated carbocycles. The van der Waals surface area contributed by atoms with Crippen molar-refractivity contribution >= 4 is 0 Å². The Hall–Kier alpha value is -0.860. The Balaban J connectivity index is 2.01. The predicted octanol–water partition coefficient (Wildman–Crippen LogP) is 3.81. The van der Waals surface area contributed by atoms with Gasteiger partial charge < -0.3 is 5.32 Å². The van der Waals surface area contributed by atoms with Crippen LogP contribution < -0.4 is 5.32 Å². The van der Waals surface area contributed by atoms with E-state index in [1.807, 2.05) is 0 Å². The minimum atomic E-state index is 0.538. The summed E-state index contributed by atoms with van der Waals surface area (Å²) in [6, 6.07) is 10.0. The lowest BCUT2D eigenvalue weighted by Gasteiger charge is -2.27. The average Bonchev–Trinajstić information content (AvgIpc) is 3.20. The van der Waals surface area contributed by atoms with E-state index in [4.69, 9.17) is 0 Å². The van der Waals surface area contributed by atoms with Crippen molar-refractivity contribution < 1.29 is 0 Å². The molecule has 0 saturated heterocycles. The van der Waals surface area contributed by atoms with Crippen LogP contribution in [0.4, 0.5) is 0 Å². The summed E-state index contributed by atoms with van der Waals surface area (Å²) in [6.45, 7) is 12.4. The minimum Gasteiger partial charge on any atom is -0.310 e. The molecule has 0 radical (unpaired) electrons. The Morgan fingerprint density at radius 3 is 2.30 bits per heavy atom. The van der Waals surface area contributed by atoms with Gasteiger partial charge in [-0.15, -0.1) is 0 Å². The highest BCUT2D eigenvalue weighted by Gasteiger charge is 2.25. The topological polar surface area (TPSA) is 15.3 Å². The quantitative estimate of drug-likeness (QED) is 0.775. The summed E-state index contributed by atoms with van der Waals surface area (Å²) in [5.41, 5.74) is 2.93. The van der Waals surface area contributed by atoms with Crippen molar-refractivity contribution in [2.24, 2.45) is 5.92 Å². The summed E-state index contributed by atoms with van der Waals surface area (Å²) in [7, 11) is 0. The molecule has 1 aromatic rings. The third kappa shape index (κ3) is 4.92. The standard InChI is InChI=1S/C18H30N2/c1-14(2)19-11-17-7-5-6-8-18(17)13-20(15(3)4)12-16-9-10-16/h5-8,14-16,19H,9-13H2,1-4H3. The lowest BCUT2D eigenvalue weighted by molar-refractivity contribution is 0.203. The van der Waals surface area contributed by atoms with Gasteiger partial charge in [0.1, 0.15) is 0 Å². The molecule has 0 amide bonds. The Kier molecular flexibility index (Phi) is 5.62. The molecule has 1 aliphatic rings. The molecule has 112 valence electrons. The average molecular weight is 274 g/mol. The van der Waals surface area contributed by atoms with Crippen LogP contribution in [0.15, 0.2) is 24.3 Å². The monoisotopic (exact) mass is 274 g/mol. The largest absolute Gasteiger partial charge is 0.310 e. The number of nitrogens with zero attached hydrogens (tertiary/aromatic N) is 1. The first kappa shape index (κ1) is 15.5. The summed E-state index contributed by atoms with van der Waals surface area (Å²) in [6.07, 6.45) is 2.86. The maximum absolute atomic E-state index is 3.54. The Morgan fingerprint density at radius 2 is 1.75 bits per heavy atom. The van der Waals surface area contributed by atoms with E-state index in [0.717, 1.165) is 19.0 Å². The molecule has 2 heteroatoms. The zero-order chi connectivity index (χ0) is 14.5.